The van der Waals surface area contributed by atoms with E-state index in [2.05, 4.69) is 31.2 Å². The Bertz CT molecular complexity index is 685. The summed E-state index contributed by atoms with van der Waals surface area (Å²) in [5.41, 5.74) is 0.576. The van der Waals surface area contributed by atoms with E-state index in [1.165, 1.54) is 7.11 Å². The van der Waals surface area contributed by atoms with Gasteiger partial charge in [0.2, 0.25) is 0 Å². The Labute approximate surface area is 143 Å². The normalized spacial score (nSPS) is 21.9. The van der Waals surface area contributed by atoms with Crippen molar-refractivity contribution in [1.29, 1.82) is 0 Å². The van der Waals surface area contributed by atoms with Crippen LogP contribution in [0.3, 0.4) is 0 Å². The van der Waals surface area contributed by atoms with Crippen molar-refractivity contribution in [3.8, 4) is 0 Å². The van der Waals surface area contributed by atoms with Crippen molar-refractivity contribution < 1.29 is 14.3 Å². The van der Waals surface area contributed by atoms with E-state index in [9.17, 15) is 9.59 Å². The lowest BCUT2D eigenvalue weighted by atomic mass is 9.89. The van der Waals surface area contributed by atoms with Gasteiger partial charge in [-0.3, -0.25) is 9.78 Å². The van der Waals surface area contributed by atoms with Crippen LogP contribution >= 0.6 is 15.9 Å². The number of amides is 1. The SMILES string of the molecule is COC(=O)c1cc(C(C)Br)cnc1C1=NC(C)(C(C)C)C(=O)N1. The summed E-state index contributed by atoms with van der Waals surface area (Å²) in [6.07, 6.45) is 1.65. The third-order valence-corrected chi connectivity index (χ3v) is 4.69. The van der Waals surface area contributed by atoms with E-state index in [4.69, 9.17) is 4.74 Å². The first kappa shape index (κ1) is 17.6. The maximum absolute atomic E-state index is 12.3. The molecule has 0 bridgehead atoms. The molecule has 7 heteroatoms. The van der Waals surface area contributed by atoms with Gasteiger partial charge in [0, 0.05) is 11.0 Å². The number of halogens is 1. The monoisotopic (exact) mass is 381 g/mol. The lowest BCUT2D eigenvalue weighted by Crippen LogP contribution is -2.41. The highest BCUT2D eigenvalue weighted by atomic mass is 79.9. The molecule has 1 aromatic rings. The lowest BCUT2D eigenvalue weighted by Gasteiger charge is -2.21. The van der Waals surface area contributed by atoms with Gasteiger partial charge in [0.15, 0.2) is 5.84 Å². The van der Waals surface area contributed by atoms with Crippen molar-refractivity contribution >= 4 is 33.6 Å². The number of pyridine rings is 1. The quantitative estimate of drug-likeness (QED) is 0.641. The molecule has 1 aliphatic rings. The smallest absolute Gasteiger partial charge is 0.340 e. The molecule has 124 valence electrons. The molecule has 1 aliphatic heterocycles. The highest BCUT2D eigenvalue weighted by Gasteiger charge is 2.43. The van der Waals surface area contributed by atoms with Crippen molar-refractivity contribution in [2.45, 2.75) is 38.1 Å². The van der Waals surface area contributed by atoms with Gasteiger partial charge in [0.25, 0.3) is 5.91 Å². The Hall–Kier alpha value is -1.76. The number of nitrogens with one attached hydrogen (secondary N) is 1. The second-order valence-electron chi connectivity index (χ2n) is 5.99. The number of aliphatic imine (C=N–C) groups is 1. The molecule has 2 heterocycles. The molecular weight excluding hydrogens is 362 g/mol. The predicted octanol–water partition coefficient (Wildman–Crippen LogP) is 2.62. The Morgan fingerprint density at radius 2 is 2.04 bits per heavy atom. The molecular formula is C16H20BrN3O3. The van der Waals surface area contributed by atoms with E-state index in [1.807, 2.05) is 20.8 Å². The number of carbonyl (C=O) groups is 2. The Balaban J connectivity index is 2.56. The molecule has 1 aromatic heterocycles. The fourth-order valence-corrected chi connectivity index (χ4v) is 2.45. The molecule has 23 heavy (non-hydrogen) atoms. The number of alkyl halides is 1. The Morgan fingerprint density at radius 1 is 1.39 bits per heavy atom. The molecule has 0 radical (unpaired) electrons. The summed E-state index contributed by atoms with van der Waals surface area (Å²) in [4.78, 5) is 33.2. The average molecular weight is 382 g/mol. The molecule has 0 aliphatic carbocycles. The fourth-order valence-electron chi connectivity index (χ4n) is 2.20. The van der Waals surface area contributed by atoms with E-state index in [-0.39, 0.29) is 22.2 Å². The van der Waals surface area contributed by atoms with E-state index in [0.29, 0.717) is 11.5 Å². The van der Waals surface area contributed by atoms with Crippen LogP contribution in [0, 0.1) is 5.92 Å². The molecule has 0 fully saturated rings. The van der Waals surface area contributed by atoms with E-state index >= 15 is 0 Å². The molecule has 1 N–H and O–H groups in total. The first-order valence-corrected chi connectivity index (χ1v) is 8.26. The number of rotatable bonds is 4. The van der Waals surface area contributed by atoms with Crippen LogP contribution < -0.4 is 5.32 Å². The minimum absolute atomic E-state index is 0.0170. The number of nitrogens with zero attached hydrogens (tertiary/aromatic N) is 2. The average Bonchev–Trinajstić information content (AvgIpc) is 2.82. The molecule has 1 amide bonds. The zero-order valence-corrected chi connectivity index (χ0v) is 15.4. The molecule has 0 saturated carbocycles. The van der Waals surface area contributed by atoms with Crippen LogP contribution in [0.25, 0.3) is 0 Å². The molecule has 2 unspecified atom stereocenters. The van der Waals surface area contributed by atoms with Crippen LogP contribution in [0.1, 0.15) is 54.1 Å². The number of amidine groups is 1. The van der Waals surface area contributed by atoms with Crippen LogP contribution in [0.4, 0.5) is 0 Å². The molecule has 6 nitrogen and oxygen atoms in total. The second-order valence-corrected chi connectivity index (χ2v) is 7.36. The third kappa shape index (κ3) is 3.15. The highest BCUT2D eigenvalue weighted by molar-refractivity contribution is 9.09. The topological polar surface area (TPSA) is 80.7 Å². The van der Waals surface area contributed by atoms with Gasteiger partial charge in [-0.1, -0.05) is 29.8 Å². The van der Waals surface area contributed by atoms with E-state index in [1.54, 1.807) is 19.2 Å². The van der Waals surface area contributed by atoms with Gasteiger partial charge in [0.1, 0.15) is 11.2 Å². The summed E-state index contributed by atoms with van der Waals surface area (Å²) in [5.74, 6) is -0.389. The number of hydrogen-bond donors (Lipinski definition) is 1. The van der Waals surface area contributed by atoms with Crippen molar-refractivity contribution in [2.24, 2.45) is 10.9 Å². The minimum Gasteiger partial charge on any atom is -0.465 e. The standard InChI is InChI=1S/C16H20BrN3O3/c1-8(2)16(4)15(22)19-13(20-16)12-11(14(21)23-5)6-10(7-18-12)9(3)17/h6-9H,1-5H3,(H,19,20,22). The number of carbonyl (C=O) groups excluding carboxylic acids is 2. The van der Waals surface area contributed by atoms with Crippen LogP contribution in [0.15, 0.2) is 17.3 Å². The molecule has 0 aromatic carbocycles. The predicted molar refractivity (Wildman–Crippen MR) is 90.8 cm³/mol. The van der Waals surface area contributed by atoms with Crippen LogP contribution in [0.2, 0.25) is 0 Å². The first-order chi connectivity index (χ1) is 10.7. The fraction of sp³-hybridized carbons (Fsp3) is 0.500. The van der Waals surface area contributed by atoms with Gasteiger partial charge in [-0.05, 0) is 31.4 Å². The summed E-state index contributed by atoms with van der Waals surface area (Å²) in [7, 11) is 1.31. The highest BCUT2D eigenvalue weighted by Crippen LogP contribution is 2.28. The Morgan fingerprint density at radius 3 is 2.52 bits per heavy atom. The maximum atomic E-state index is 12.3. The summed E-state index contributed by atoms with van der Waals surface area (Å²) in [6.45, 7) is 7.56. The van der Waals surface area contributed by atoms with Gasteiger partial charge in [-0.2, -0.15) is 0 Å². The lowest BCUT2D eigenvalue weighted by molar-refractivity contribution is -0.124. The number of methoxy groups -OCH3 is 1. The third-order valence-electron chi connectivity index (χ3n) is 4.16. The number of aromatic nitrogens is 1. The molecule has 2 rings (SSSR count). The van der Waals surface area contributed by atoms with Crippen molar-refractivity contribution in [3.05, 3.63) is 29.1 Å². The van der Waals surface area contributed by atoms with Gasteiger partial charge in [0.05, 0.1) is 12.7 Å². The van der Waals surface area contributed by atoms with Crippen molar-refractivity contribution in [1.82, 2.24) is 10.3 Å². The van der Waals surface area contributed by atoms with Crippen LogP contribution in [0.5, 0.6) is 0 Å². The van der Waals surface area contributed by atoms with Gasteiger partial charge in [-0.15, -0.1) is 0 Å². The van der Waals surface area contributed by atoms with Crippen LogP contribution in [-0.4, -0.2) is 35.3 Å². The number of hydrogen-bond acceptors (Lipinski definition) is 5. The molecule has 0 spiro atoms. The number of esters is 1. The zero-order chi connectivity index (χ0) is 17.4. The van der Waals surface area contributed by atoms with Gasteiger partial charge >= 0.3 is 5.97 Å². The summed E-state index contributed by atoms with van der Waals surface area (Å²) < 4.78 is 4.84. The Kier molecular flexibility index (Phi) is 4.89. The van der Waals surface area contributed by atoms with Crippen molar-refractivity contribution in [2.75, 3.05) is 7.11 Å². The molecule has 2 atom stereocenters. The van der Waals surface area contributed by atoms with E-state index in [0.717, 1.165) is 5.56 Å². The minimum atomic E-state index is -0.869. The molecule has 0 saturated heterocycles. The first-order valence-electron chi connectivity index (χ1n) is 7.34. The van der Waals surface area contributed by atoms with Crippen molar-refractivity contribution in [3.63, 3.8) is 0 Å². The summed E-state index contributed by atoms with van der Waals surface area (Å²) in [6, 6.07) is 1.70. The summed E-state index contributed by atoms with van der Waals surface area (Å²) >= 11 is 3.45. The van der Waals surface area contributed by atoms with Gasteiger partial charge in [-0.25, -0.2) is 9.79 Å². The van der Waals surface area contributed by atoms with E-state index < -0.39 is 11.5 Å². The number of ether oxygens (including phenoxy) is 1. The zero-order valence-electron chi connectivity index (χ0n) is 13.8. The van der Waals surface area contributed by atoms with Gasteiger partial charge < -0.3 is 10.1 Å². The van der Waals surface area contributed by atoms with Crippen LogP contribution in [-0.2, 0) is 9.53 Å². The largest absolute Gasteiger partial charge is 0.465 e. The second kappa shape index (κ2) is 6.39. The maximum Gasteiger partial charge on any atom is 0.340 e. The summed E-state index contributed by atoms with van der Waals surface area (Å²) in [5, 5.41) is 2.74.